The molecule has 0 amide bonds. The van der Waals surface area contributed by atoms with Crippen molar-refractivity contribution in [3.63, 3.8) is 0 Å². The van der Waals surface area contributed by atoms with Gasteiger partial charge < -0.3 is 63.4 Å². The maximum absolute atomic E-state index is 12.9. The molecule has 0 radical (unpaired) electrons. The number of hydrogen-bond acceptors (Lipinski definition) is 25. The molecule has 0 bridgehead atoms. The van der Waals surface area contributed by atoms with E-state index in [0.717, 1.165) is 201 Å². The van der Waals surface area contributed by atoms with Gasteiger partial charge in [0.2, 0.25) is 13.6 Å². The second-order valence-electron chi connectivity index (χ2n) is 37.9. The molecule has 12 aromatic rings. The first-order valence-corrected chi connectivity index (χ1v) is 53.0. The highest BCUT2D eigenvalue weighted by atomic mass is 35.5. The fourth-order valence-electron chi connectivity index (χ4n) is 23.0. The van der Waals surface area contributed by atoms with Crippen LogP contribution in [0.2, 0.25) is 0 Å². The molecule has 0 spiro atoms. The van der Waals surface area contributed by atoms with Crippen molar-refractivity contribution in [2.75, 3.05) is 87.2 Å². The minimum atomic E-state index is -0.378. The number of thiophene rings is 6. The van der Waals surface area contributed by atoms with E-state index in [4.69, 9.17) is 61.1 Å². The van der Waals surface area contributed by atoms with Crippen molar-refractivity contribution >= 4 is 91.2 Å². The number of benzene rings is 6. The number of alkyl halides is 3. The molecule has 6 aromatic heterocycles. The van der Waals surface area contributed by atoms with Crippen molar-refractivity contribution in [2.24, 2.45) is 5.92 Å². The zero-order valence-electron chi connectivity index (χ0n) is 76.8. The lowest BCUT2D eigenvalue weighted by Gasteiger charge is -2.40. The lowest BCUT2D eigenvalue weighted by Crippen LogP contribution is -2.38. The first-order valence-electron chi connectivity index (χ1n) is 47.0. The van der Waals surface area contributed by atoms with Gasteiger partial charge in [-0.15, -0.1) is 91.2 Å². The molecule has 0 saturated carbocycles. The molecule has 0 saturated heterocycles. The van der Waals surface area contributed by atoms with Crippen molar-refractivity contribution in [1.29, 1.82) is 0 Å². The number of phenols is 4. The summed E-state index contributed by atoms with van der Waals surface area (Å²) >= 11 is 22.9. The van der Waals surface area contributed by atoms with Gasteiger partial charge in [-0.3, -0.25) is 29.4 Å². The van der Waals surface area contributed by atoms with Crippen LogP contribution in [0.1, 0.15) is 209 Å². The number of aryl methyl sites for hydroxylation is 2. The van der Waals surface area contributed by atoms with Gasteiger partial charge in [-0.05, 0) is 274 Å². The summed E-state index contributed by atoms with van der Waals surface area (Å²) in [7, 11) is 6.37. The monoisotopic (exact) mass is 1960 g/mol. The summed E-state index contributed by atoms with van der Waals surface area (Å²) in [5.74, 6) is 8.87. The highest BCUT2D eigenvalue weighted by molar-refractivity contribution is 7.13. The minimum Gasteiger partial charge on any atom is -0.504 e. The van der Waals surface area contributed by atoms with Crippen LogP contribution in [0.5, 0.6) is 69.0 Å². The van der Waals surface area contributed by atoms with Crippen LogP contribution in [0.25, 0.3) is 0 Å². The molecular weight excluding hydrogens is 1850 g/mol. The van der Waals surface area contributed by atoms with Crippen LogP contribution in [0.15, 0.2) is 109 Å². The van der Waals surface area contributed by atoms with Crippen molar-refractivity contribution in [3.05, 3.63) is 268 Å². The van der Waals surface area contributed by atoms with Crippen LogP contribution in [-0.4, -0.2) is 142 Å². The third-order valence-electron chi connectivity index (χ3n) is 29.5. The van der Waals surface area contributed by atoms with Gasteiger partial charge in [0.15, 0.2) is 69.0 Å². The fraction of sp³-hybridized carbons (Fsp3) is 0.434. The first-order chi connectivity index (χ1) is 65.2. The third-order valence-corrected chi connectivity index (χ3v) is 37.3. The molecule has 28 heteroatoms. The number of ether oxygens (including phenoxy) is 8. The molecule has 704 valence electrons. The Hall–Kier alpha value is -8.65. The molecule has 0 aliphatic carbocycles. The average Bonchev–Trinajstić information content (AvgIpc) is 1.53. The predicted octanol–water partition coefficient (Wildman–Crippen LogP) is 21.7. The number of rotatable bonds is 11. The second-order valence-corrected chi connectivity index (χ2v) is 46.0. The van der Waals surface area contributed by atoms with Crippen LogP contribution in [0.3, 0.4) is 0 Å². The minimum absolute atomic E-state index is 0.122. The van der Waals surface area contributed by atoms with Gasteiger partial charge >= 0.3 is 0 Å². The molecule has 14 aliphatic heterocycles. The second kappa shape index (κ2) is 39.0. The van der Waals surface area contributed by atoms with Gasteiger partial charge in [0.05, 0.1) is 40.9 Å². The van der Waals surface area contributed by atoms with Gasteiger partial charge in [0.1, 0.15) is 6.67 Å². The van der Waals surface area contributed by atoms with Crippen molar-refractivity contribution in [3.8, 4) is 69.0 Å². The van der Waals surface area contributed by atoms with E-state index in [-0.39, 0.29) is 42.3 Å². The van der Waals surface area contributed by atoms with Crippen LogP contribution in [0.4, 0.5) is 4.39 Å². The molecular formula is C106H115Cl2FN6O13S6. The van der Waals surface area contributed by atoms with E-state index < -0.39 is 0 Å². The molecule has 5 N–H and O–H groups in total. The summed E-state index contributed by atoms with van der Waals surface area (Å²) in [5, 5.41) is 49.8. The average molecular weight is 1960 g/mol. The fourth-order valence-corrected chi connectivity index (χ4v) is 30.5. The number of aliphatic hydroxyl groups excluding tert-OH is 1. The smallest absolute Gasteiger partial charge is 0.231 e. The SMILES string of the molecule is CC(C)Cc1cc2c(s1)C[C@H]1c3cc4c(cc3CCN1C2)OCO4.COc1cc2c(cc1O)[C@@H]1Cc3sc(C)cc3CN1CC2.COc1cc2c(cc1O)[C@@H]1Cc3sc(CCl)cc3CN1CC2.COc1cc2c(cc1O)[C@@H]1Cc3sc(CF)cc3CN1CC2.COc1cc2c(cc1O)[C@@H]1Cc3sc(CO)cc3CN1CC2.ClCCc1cc2c(s1)C[C@H]1c3cc4c(cc3CCN1C2)OCO4. The van der Waals surface area contributed by atoms with Crippen LogP contribution in [0, 0.1) is 12.8 Å². The van der Waals surface area contributed by atoms with Gasteiger partial charge in [0, 0.05) is 218 Å². The molecule has 14 aliphatic rings. The lowest BCUT2D eigenvalue weighted by atomic mass is 9.86. The molecule has 20 heterocycles. The van der Waals surface area contributed by atoms with Gasteiger partial charge in [0.25, 0.3) is 0 Å². The zero-order valence-corrected chi connectivity index (χ0v) is 83.2. The Bertz CT molecular complexity index is 6120. The number of aliphatic hydroxyl groups is 1. The normalized spacial score (nSPS) is 20.7. The number of nitrogens with zero attached hydrogens (tertiary/aromatic N) is 6. The van der Waals surface area contributed by atoms with E-state index in [1.165, 1.54) is 140 Å². The van der Waals surface area contributed by atoms with E-state index in [2.05, 4.69) is 105 Å². The molecule has 6 atom stereocenters. The highest BCUT2D eigenvalue weighted by Gasteiger charge is 2.42. The quantitative estimate of drug-likeness (QED) is 0.0767. The van der Waals surface area contributed by atoms with E-state index in [0.29, 0.717) is 78.6 Å². The number of hydrogen-bond donors (Lipinski definition) is 5. The topological polar surface area (TPSA) is 194 Å². The van der Waals surface area contributed by atoms with Gasteiger partial charge in [-0.25, -0.2) is 4.39 Å². The van der Waals surface area contributed by atoms with Gasteiger partial charge in [-0.2, -0.15) is 0 Å². The molecule has 0 fully saturated rings. The maximum Gasteiger partial charge on any atom is 0.231 e. The first kappa shape index (κ1) is 91.7. The van der Waals surface area contributed by atoms with Crippen molar-refractivity contribution < 1.29 is 67.8 Å². The Balaban J connectivity index is 0.0000000966. The summed E-state index contributed by atoms with van der Waals surface area (Å²) in [6.07, 6.45) is 14.5. The van der Waals surface area contributed by atoms with E-state index >= 15 is 0 Å². The predicted molar refractivity (Wildman–Crippen MR) is 531 cm³/mol. The summed E-state index contributed by atoms with van der Waals surface area (Å²) in [6, 6.07) is 40.2. The number of fused-ring (bicyclic) bond motifs is 26. The van der Waals surface area contributed by atoms with Crippen LogP contribution in [-0.2, 0) is 148 Å². The Labute approximate surface area is 817 Å². The Morgan fingerprint density at radius 1 is 0.351 bits per heavy atom. The number of halogens is 3. The summed E-state index contributed by atoms with van der Waals surface area (Å²) in [4.78, 5) is 31.5. The van der Waals surface area contributed by atoms with Crippen LogP contribution >= 0.6 is 91.2 Å². The van der Waals surface area contributed by atoms with Crippen molar-refractivity contribution in [2.45, 2.75) is 205 Å². The van der Waals surface area contributed by atoms with Crippen LogP contribution < -0.4 is 37.9 Å². The van der Waals surface area contributed by atoms with E-state index in [9.17, 15) is 29.9 Å². The standard InChI is InChI=1S/C20H23NO2S.C18H18ClNO2S.C17H18ClNO2S.C17H18FNO2S.C17H19NO3S.C17H19NO2S/c1-12(2)5-15-6-14-10-21-4-3-13-7-18-19(23-11-22-18)8-16(13)17(21)9-20(14)24-15;19-3-1-13-5-12-9-20-4-2-11-6-16-17(22-10-21-16)7-14(11)15(20)8-18(12)23-13;2*1-21-16-5-10-2-3-19-9-11-4-12(8-18)22-17(11)7-14(19)13(10)6-15(16)20;1-21-16-5-10-2-3-18-8-11-4-12(9-19)22-17(11)7-14(18)13(10)6-15(16)20;1-10-5-12-9-18-4-3-11-6-16(20-2)15(19)7-13(11)14(18)8-17(12)21-10/h6-8,12,17H,3-5,9-11H2,1-2H3;5-7,15H,1-4,8-10H2;2*4-6,14,20H,2-3,7-9H2,1H3;4-6,14,19-20H,2-3,7-9H2,1H3;5-7,14,19H,3-4,8-9H2,1-2H3/t17-;15-;4*14-/m000000/s1. The van der Waals surface area contributed by atoms with Gasteiger partial charge in [-0.1, -0.05) is 13.8 Å². The molecule has 19 nitrogen and oxygen atoms in total. The number of methoxy groups -OCH3 is 4. The number of aromatic hydroxyl groups is 4. The largest absolute Gasteiger partial charge is 0.504 e. The van der Waals surface area contributed by atoms with E-state index in [1.54, 1.807) is 66.4 Å². The molecule has 26 rings (SSSR count). The third kappa shape index (κ3) is 18.2. The summed E-state index contributed by atoms with van der Waals surface area (Å²) in [5.41, 5.74) is 24.5. The highest BCUT2D eigenvalue weighted by Crippen LogP contribution is 2.53. The molecule has 6 aromatic carbocycles. The number of phenolic OH excluding ortho intramolecular Hbond substituents is 4. The van der Waals surface area contributed by atoms with E-state index in [1.807, 2.05) is 99.9 Å². The molecule has 134 heavy (non-hydrogen) atoms. The zero-order chi connectivity index (χ0) is 92.0. The molecule has 0 unspecified atom stereocenters. The summed E-state index contributed by atoms with van der Waals surface area (Å²) in [6.45, 7) is 19.7. The maximum atomic E-state index is 12.9. The lowest BCUT2D eigenvalue weighted by molar-refractivity contribution is 0.162. The summed E-state index contributed by atoms with van der Waals surface area (Å²) < 4.78 is 56.2. The van der Waals surface area contributed by atoms with Crippen molar-refractivity contribution in [1.82, 2.24) is 29.4 Å². The Morgan fingerprint density at radius 2 is 0.627 bits per heavy atom. The Morgan fingerprint density at radius 3 is 0.955 bits per heavy atom. The Kier molecular flexibility index (Phi) is 26.7.